The molecule has 0 fully saturated rings. The Morgan fingerprint density at radius 3 is 3.00 bits per heavy atom. The quantitative estimate of drug-likeness (QED) is 0.785. The van der Waals surface area contributed by atoms with Crippen LogP contribution in [-0.4, -0.2) is 9.55 Å². The number of imidazole rings is 1. The molecule has 0 spiro atoms. The van der Waals surface area contributed by atoms with E-state index in [0.717, 1.165) is 0 Å². The summed E-state index contributed by atoms with van der Waals surface area (Å²) in [4.78, 5) is 4.05. The van der Waals surface area contributed by atoms with Gasteiger partial charge in [0.05, 0.1) is 24.1 Å². The van der Waals surface area contributed by atoms with Gasteiger partial charge < -0.3 is 4.57 Å². The fourth-order valence-corrected chi connectivity index (χ4v) is 1.79. The van der Waals surface area contributed by atoms with Gasteiger partial charge in [0.1, 0.15) is 11.6 Å². The van der Waals surface area contributed by atoms with Crippen molar-refractivity contribution in [3.8, 4) is 6.07 Å². The SMILES string of the molecule is N#Cc1ccc(F)c(Cn2ccnc2CCl)c1. The minimum absolute atomic E-state index is 0.270. The van der Waals surface area contributed by atoms with Crippen LogP contribution in [0.25, 0.3) is 0 Å². The second-order valence-electron chi connectivity index (χ2n) is 3.52. The van der Waals surface area contributed by atoms with Crippen LogP contribution < -0.4 is 0 Å². The Morgan fingerprint density at radius 2 is 2.29 bits per heavy atom. The highest BCUT2D eigenvalue weighted by molar-refractivity contribution is 6.16. The standard InChI is InChI=1S/C12H9ClFN3/c13-6-12-16-3-4-17(12)8-10-5-9(7-15)1-2-11(10)14/h1-5H,6,8H2. The summed E-state index contributed by atoms with van der Waals surface area (Å²) in [7, 11) is 0. The first-order chi connectivity index (χ1) is 8.24. The molecule has 2 rings (SSSR count). The van der Waals surface area contributed by atoms with Gasteiger partial charge >= 0.3 is 0 Å². The molecule has 0 radical (unpaired) electrons. The molecule has 0 atom stereocenters. The highest BCUT2D eigenvalue weighted by Gasteiger charge is 2.07. The first-order valence-corrected chi connectivity index (χ1v) is 5.52. The molecular weight excluding hydrogens is 241 g/mol. The maximum atomic E-state index is 13.6. The van der Waals surface area contributed by atoms with E-state index in [4.69, 9.17) is 16.9 Å². The third-order valence-electron chi connectivity index (χ3n) is 2.44. The molecule has 1 aromatic carbocycles. The van der Waals surface area contributed by atoms with Gasteiger partial charge in [-0.25, -0.2) is 9.37 Å². The zero-order valence-electron chi connectivity index (χ0n) is 8.90. The molecule has 0 amide bonds. The summed E-state index contributed by atoms with van der Waals surface area (Å²) in [5.74, 6) is 0.610. The largest absolute Gasteiger partial charge is 0.329 e. The van der Waals surface area contributed by atoms with Crippen molar-refractivity contribution in [1.29, 1.82) is 5.26 Å². The highest BCUT2D eigenvalue weighted by Crippen LogP contribution is 2.13. The summed E-state index contributed by atoms with van der Waals surface area (Å²) < 4.78 is 15.3. The van der Waals surface area contributed by atoms with Crippen LogP contribution in [0, 0.1) is 17.1 Å². The van der Waals surface area contributed by atoms with Crippen LogP contribution >= 0.6 is 11.6 Å². The average Bonchev–Trinajstić information content (AvgIpc) is 2.79. The Kier molecular flexibility index (Phi) is 3.40. The van der Waals surface area contributed by atoms with E-state index in [1.807, 2.05) is 6.07 Å². The molecule has 1 heterocycles. The molecule has 5 heteroatoms. The van der Waals surface area contributed by atoms with E-state index in [1.165, 1.54) is 18.2 Å². The third kappa shape index (κ3) is 2.45. The van der Waals surface area contributed by atoms with Crippen molar-refractivity contribution in [3.05, 3.63) is 53.4 Å². The van der Waals surface area contributed by atoms with Crippen molar-refractivity contribution in [2.45, 2.75) is 12.4 Å². The number of halogens is 2. The number of hydrogen-bond acceptors (Lipinski definition) is 2. The molecule has 3 nitrogen and oxygen atoms in total. The first kappa shape index (κ1) is 11.6. The van der Waals surface area contributed by atoms with E-state index in [-0.39, 0.29) is 11.7 Å². The van der Waals surface area contributed by atoms with E-state index in [1.54, 1.807) is 17.0 Å². The van der Waals surface area contributed by atoms with Gasteiger partial charge in [-0.15, -0.1) is 11.6 Å². The molecule has 0 aliphatic rings. The Morgan fingerprint density at radius 1 is 1.47 bits per heavy atom. The van der Waals surface area contributed by atoms with Gasteiger partial charge in [-0.1, -0.05) is 0 Å². The van der Waals surface area contributed by atoms with E-state index in [0.29, 0.717) is 23.5 Å². The number of alkyl halides is 1. The third-order valence-corrected chi connectivity index (χ3v) is 2.68. The lowest BCUT2D eigenvalue weighted by atomic mass is 10.1. The molecule has 0 aliphatic heterocycles. The topological polar surface area (TPSA) is 41.6 Å². The van der Waals surface area contributed by atoms with E-state index in [2.05, 4.69) is 4.98 Å². The van der Waals surface area contributed by atoms with Gasteiger partial charge in [-0.05, 0) is 18.2 Å². The van der Waals surface area contributed by atoms with Gasteiger partial charge in [-0.3, -0.25) is 0 Å². The van der Waals surface area contributed by atoms with Crippen LogP contribution in [0.1, 0.15) is 17.0 Å². The van der Waals surface area contributed by atoms with Gasteiger partial charge in [-0.2, -0.15) is 5.26 Å². The van der Waals surface area contributed by atoms with Crippen molar-refractivity contribution in [2.75, 3.05) is 0 Å². The normalized spacial score (nSPS) is 10.2. The smallest absolute Gasteiger partial charge is 0.128 e. The van der Waals surface area contributed by atoms with Crippen LogP contribution in [0.3, 0.4) is 0 Å². The Hall–Kier alpha value is -1.86. The number of benzene rings is 1. The Labute approximate surface area is 103 Å². The van der Waals surface area contributed by atoms with Crippen molar-refractivity contribution < 1.29 is 4.39 Å². The molecule has 17 heavy (non-hydrogen) atoms. The lowest BCUT2D eigenvalue weighted by molar-refractivity contribution is 0.596. The lowest BCUT2D eigenvalue weighted by Gasteiger charge is -2.07. The minimum Gasteiger partial charge on any atom is -0.329 e. The molecule has 1 aromatic heterocycles. The van der Waals surface area contributed by atoms with Crippen molar-refractivity contribution >= 4 is 11.6 Å². The molecular formula is C12H9ClFN3. The van der Waals surface area contributed by atoms with Gasteiger partial charge in [0, 0.05) is 18.0 Å². The van der Waals surface area contributed by atoms with Crippen LogP contribution in [-0.2, 0) is 12.4 Å². The van der Waals surface area contributed by atoms with Crippen LogP contribution in [0.5, 0.6) is 0 Å². The summed E-state index contributed by atoms with van der Waals surface area (Å²) in [5.41, 5.74) is 0.891. The molecule has 0 saturated carbocycles. The number of nitriles is 1. The van der Waals surface area contributed by atoms with Crippen molar-refractivity contribution in [1.82, 2.24) is 9.55 Å². The maximum absolute atomic E-state index is 13.6. The zero-order chi connectivity index (χ0) is 12.3. The summed E-state index contributed by atoms with van der Waals surface area (Å²) in [5, 5.41) is 8.77. The predicted octanol–water partition coefficient (Wildman–Crippen LogP) is 2.68. The summed E-state index contributed by atoms with van der Waals surface area (Å²) in [6.07, 6.45) is 3.35. The second kappa shape index (κ2) is 4.98. The predicted molar refractivity (Wildman–Crippen MR) is 62.0 cm³/mol. The van der Waals surface area contributed by atoms with Crippen molar-refractivity contribution in [3.63, 3.8) is 0 Å². The fraction of sp³-hybridized carbons (Fsp3) is 0.167. The van der Waals surface area contributed by atoms with Gasteiger partial charge in [0.25, 0.3) is 0 Å². The number of hydrogen-bond donors (Lipinski definition) is 0. The number of nitrogens with zero attached hydrogens (tertiary/aromatic N) is 3. The van der Waals surface area contributed by atoms with E-state index in [9.17, 15) is 4.39 Å². The van der Waals surface area contributed by atoms with Crippen LogP contribution in [0.15, 0.2) is 30.6 Å². The summed E-state index contributed by atoms with van der Waals surface area (Å²) in [6.45, 7) is 0.323. The Bertz CT molecular complexity index is 571. The lowest BCUT2D eigenvalue weighted by Crippen LogP contribution is -2.04. The summed E-state index contributed by atoms with van der Waals surface area (Å²) >= 11 is 5.71. The fourth-order valence-electron chi connectivity index (χ4n) is 1.56. The first-order valence-electron chi connectivity index (χ1n) is 4.99. The zero-order valence-corrected chi connectivity index (χ0v) is 9.65. The molecule has 0 saturated heterocycles. The van der Waals surface area contributed by atoms with Crippen molar-refractivity contribution in [2.24, 2.45) is 0 Å². The molecule has 0 N–H and O–H groups in total. The molecule has 86 valence electrons. The van der Waals surface area contributed by atoms with Crippen LogP contribution in [0.4, 0.5) is 4.39 Å². The molecule has 2 aromatic rings. The second-order valence-corrected chi connectivity index (χ2v) is 3.79. The number of aromatic nitrogens is 2. The molecule has 0 aliphatic carbocycles. The Balaban J connectivity index is 2.33. The average molecular weight is 250 g/mol. The molecule has 0 unspecified atom stereocenters. The van der Waals surface area contributed by atoms with Gasteiger partial charge in [0.2, 0.25) is 0 Å². The number of rotatable bonds is 3. The highest BCUT2D eigenvalue weighted by atomic mass is 35.5. The van der Waals surface area contributed by atoms with E-state index < -0.39 is 0 Å². The van der Waals surface area contributed by atoms with Gasteiger partial charge in [0.15, 0.2) is 0 Å². The monoisotopic (exact) mass is 249 g/mol. The maximum Gasteiger partial charge on any atom is 0.128 e. The van der Waals surface area contributed by atoms with Crippen LogP contribution in [0.2, 0.25) is 0 Å². The summed E-state index contributed by atoms with van der Waals surface area (Å²) in [6, 6.07) is 6.27. The molecule has 0 bridgehead atoms. The van der Waals surface area contributed by atoms with E-state index >= 15 is 0 Å². The minimum atomic E-state index is -0.335.